The molecule has 0 aliphatic rings. The Kier molecular flexibility index (Phi) is 4.86. The number of benzene rings is 1. The third kappa shape index (κ3) is 3.52. The molecule has 0 radical (unpaired) electrons. The maximum absolute atomic E-state index is 12.4. The molecule has 0 saturated heterocycles. The van der Waals surface area contributed by atoms with Gasteiger partial charge in [-0.2, -0.15) is 18.4 Å². The van der Waals surface area contributed by atoms with Gasteiger partial charge in [0.25, 0.3) is 0 Å². The molecule has 1 aromatic rings. The fraction of sp³-hybridized carbons (Fsp3) is 0.200. The van der Waals surface area contributed by atoms with Gasteiger partial charge in [0.2, 0.25) is 0 Å². The Bertz CT molecular complexity index is 525. The first-order valence-electron chi connectivity index (χ1n) is 4.36. The van der Waals surface area contributed by atoms with Gasteiger partial charge in [-0.25, -0.2) is 4.79 Å². The standard InChI is InChI=1S/C10H5F3INO2S/c1-17-9(16)6-3-2-5(4-15)8(7(6)14)18-10(11,12)13/h2-3H,1H3. The summed E-state index contributed by atoms with van der Waals surface area (Å²) in [5, 5.41) is 8.78. The van der Waals surface area contributed by atoms with Gasteiger partial charge < -0.3 is 4.74 Å². The predicted octanol–water partition coefficient (Wildman–Crippen LogP) is 3.56. The van der Waals surface area contributed by atoms with Gasteiger partial charge in [-0.05, 0) is 46.5 Å². The number of rotatable bonds is 2. The molecule has 0 aliphatic heterocycles. The van der Waals surface area contributed by atoms with Crippen molar-refractivity contribution in [1.29, 1.82) is 5.26 Å². The number of alkyl halides is 3. The molecule has 1 aromatic carbocycles. The lowest BCUT2D eigenvalue weighted by molar-refractivity contribution is -0.0328. The van der Waals surface area contributed by atoms with Gasteiger partial charge in [-0.1, -0.05) is 0 Å². The molecule has 0 spiro atoms. The van der Waals surface area contributed by atoms with Crippen LogP contribution in [0.1, 0.15) is 15.9 Å². The summed E-state index contributed by atoms with van der Waals surface area (Å²) in [5.41, 5.74) is -4.65. The van der Waals surface area contributed by atoms with E-state index in [1.807, 2.05) is 0 Å². The van der Waals surface area contributed by atoms with E-state index in [1.54, 1.807) is 28.7 Å². The first-order valence-corrected chi connectivity index (χ1v) is 6.26. The van der Waals surface area contributed by atoms with Crippen molar-refractivity contribution in [2.75, 3.05) is 7.11 Å². The van der Waals surface area contributed by atoms with Crippen molar-refractivity contribution in [1.82, 2.24) is 0 Å². The molecule has 96 valence electrons. The van der Waals surface area contributed by atoms with Crippen LogP contribution in [0.15, 0.2) is 17.0 Å². The maximum atomic E-state index is 12.4. The molecule has 0 N–H and O–H groups in total. The van der Waals surface area contributed by atoms with Gasteiger partial charge in [0.1, 0.15) is 6.07 Å². The van der Waals surface area contributed by atoms with Gasteiger partial charge in [-0.15, -0.1) is 0 Å². The fourth-order valence-corrected chi connectivity index (χ4v) is 2.80. The van der Waals surface area contributed by atoms with Crippen molar-refractivity contribution in [3.05, 3.63) is 26.8 Å². The minimum absolute atomic E-state index is 0.00356. The van der Waals surface area contributed by atoms with Crippen LogP contribution >= 0.6 is 34.4 Å². The number of carbonyl (C=O) groups is 1. The van der Waals surface area contributed by atoms with Crippen molar-refractivity contribution in [2.24, 2.45) is 0 Å². The van der Waals surface area contributed by atoms with Gasteiger partial charge >= 0.3 is 11.5 Å². The van der Waals surface area contributed by atoms with Crippen LogP contribution in [0.2, 0.25) is 0 Å². The average molecular weight is 387 g/mol. The van der Waals surface area contributed by atoms with Crippen molar-refractivity contribution >= 4 is 40.3 Å². The van der Waals surface area contributed by atoms with Crippen LogP contribution in [-0.4, -0.2) is 18.6 Å². The number of thioether (sulfide) groups is 1. The third-order valence-corrected chi connectivity index (χ3v) is 4.19. The van der Waals surface area contributed by atoms with E-state index in [-0.39, 0.29) is 19.6 Å². The Hall–Kier alpha value is -0.950. The molecule has 0 unspecified atom stereocenters. The van der Waals surface area contributed by atoms with Crippen molar-refractivity contribution in [3.8, 4) is 6.07 Å². The van der Waals surface area contributed by atoms with E-state index >= 15 is 0 Å². The molecule has 0 saturated carbocycles. The highest BCUT2D eigenvalue weighted by molar-refractivity contribution is 14.1. The molecule has 0 amide bonds. The largest absolute Gasteiger partial charge is 0.465 e. The predicted molar refractivity (Wildman–Crippen MR) is 67.1 cm³/mol. The lowest BCUT2D eigenvalue weighted by Crippen LogP contribution is -2.08. The van der Waals surface area contributed by atoms with Gasteiger partial charge in [-0.3, -0.25) is 0 Å². The zero-order chi connectivity index (χ0) is 13.9. The summed E-state index contributed by atoms with van der Waals surface area (Å²) in [6, 6.07) is 4.10. The van der Waals surface area contributed by atoms with E-state index in [1.165, 1.54) is 12.1 Å². The van der Waals surface area contributed by atoms with Gasteiger partial charge in [0, 0.05) is 8.47 Å². The number of ether oxygens (including phenoxy) is 1. The molecule has 18 heavy (non-hydrogen) atoms. The van der Waals surface area contributed by atoms with Crippen LogP contribution in [0.3, 0.4) is 0 Å². The highest BCUT2D eigenvalue weighted by Gasteiger charge is 2.32. The number of methoxy groups -OCH3 is 1. The van der Waals surface area contributed by atoms with E-state index in [0.717, 1.165) is 7.11 Å². The fourth-order valence-electron chi connectivity index (χ4n) is 1.13. The third-order valence-electron chi connectivity index (χ3n) is 1.84. The molecule has 1 rings (SSSR count). The number of hydrogen-bond donors (Lipinski definition) is 0. The van der Waals surface area contributed by atoms with Crippen LogP contribution in [0, 0.1) is 14.9 Å². The summed E-state index contributed by atoms with van der Waals surface area (Å²) in [6.45, 7) is 0. The Labute approximate surface area is 118 Å². The monoisotopic (exact) mass is 387 g/mol. The molecule has 3 nitrogen and oxygen atoms in total. The van der Waals surface area contributed by atoms with Crippen LogP contribution in [0.4, 0.5) is 13.2 Å². The number of nitriles is 1. The molecule has 0 bridgehead atoms. The minimum atomic E-state index is -4.53. The summed E-state index contributed by atoms with van der Waals surface area (Å²) in [5.74, 6) is -0.743. The lowest BCUT2D eigenvalue weighted by Gasteiger charge is -2.11. The SMILES string of the molecule is COC(=O)c1ccc(C#N)c(SC(F)(F)F)c1I. The summed E-state index contributed by atoms with van der Waals surface area (Å²) >= 11 is 1.18. The highest BCUT2D eigenvalue weighted by Crippen LogP contribution is 2.41. The van der Waals surface area contributed by atoms with Crippen molar-refractivity contribution < 1.29 is 22.7 Å². The topological polar surface area (TPSA) is 50.1 Å². The molecule has 0 aliphatic carbocycles. The Balaban J connectivity index is 3.37. The van der Waals surface area contributed by atoms with Crippen molar-refractivity contribution in [3.63, 3.8) is 0 Å². The van der Waals surface area contributed by atoms with Crippen LogP contribution < -0.4 is 0 Å². The zero-order valence-electron chi connectivity index (χ0n) is 8.84. The average Bonchev–Trinajstić information content (AvgIpc) is 2.29. The number of esters is 1. The first-order chi connectivity index (χ1) is 8.30. The minimum Gasteiger partial charge on any atom is -0.465 e. The molecular formula is C10H5F3INO2S. The molecule has 0 fully saturated rings. The van der Waals surface area contributed by atoms with E-state index in [4.69, 9.17) is 5.26 Å². The number of carbonyl (C=O) groups excluding carboxylic acids is 1. The molecule has 0 aromatic heterocycles. The summed E-state index contributed by atoms with van der Waals surface area (Å²) in [7, 11) is 1.13. The summed E-state index contributed by atoms with van der Waals surface area (Å²) in [4.78, 5) is 11.1. The molecule has 0 atom stereocenters. The molecular weight excluding hydrogens is 382 g/mol. The lowest BCUT2D eigenvalue weighted by atomic mass is 10.1. The zero-order valence-corrected chi connectivity index (χ0v) is 11.8. The van der Waals surface area contributed by atoms with Gasteiger partial charge in [0.05, 0.1) is 18.2 Å². The first kappa shape index (κ1) is 15.1. The number of hydrogen-bond acceptors (Lipinski definition) is 4. The van der Waals surface area contributed by atoms with Crippen LogP contribution in [0.25, 0.3) is 0 Å². The second-order valence-electron chi connectivity index (χ2n) is 2.95. The van der Waals surface area contributed by atoms with E-state index in [2.05, 4.69) is 4.74 Å². The second kappa shape index (κ2) is 5.79. The number of halogens is 4. The van der Waals surface area contributed by atoms with Gasteiger partial charge in [0.15, 0.2) is 0 Å². The second-order valence-corrected chi connectivity index (χ2v) is 5.11. The van der Waals surface area contributed by atoms with Crippen LogP contribution in [-0.2, 0) is 4.74 Å². The molecule has 0 heterocycles. The summed E-state index contributed by atoms with van der Waals surface area (Å²) in [6.07, 6.45) is 0. The van der Waals surface area contributed by atoms with Crippen molar-refractivity contribution in [2.45, 2.75) is 10.4 Å². The van der Waals surface area contributed by atoms with Crippen LogP contribution in [0.5, 0.6) is 0 Å². The Morgan fingerprint density at radius 2 is 2.11 bits per heavy atom. The Morgan fingerprint density at radius 1 is 1.50 bits per heavy atom. The Morgan fingerprint density at radius 3 is 2.56 bits per heavy atom. The quantitative estimate of drug-likeness (QED) is 0.443. The van der Waals surface area contributed by atoms with E-state index in [9.17, 15) is 18.0 Å². The summed E-state index contributed by atoms with van der Waals surface area (Å²) < 4.78 is 41.7. The maximum Gasteiger partial charge on any atom is 0.446 e. The smallest absolute Gasteiger partial charge is 0.446 e. The van der Waals surface area contributed by atoms with E-state index < -0.39 is 23.2 Å². The van der Waals surface area contributed by atoms with E-state index in [0.29, 0.717) is 0 Å². The normalized spacial score (nSPS) is 10.9. The number of nitrogens with zero attached hydrogens (tertiary/aromatic N) is 1. The highest BCUT2D eigenvalue weighted by atomic mass is 127. The molecule has 8 heteroatoms.